The van der Waals surface area contributed by atoms with E-state index in [-0.39, 0.29) is 23.7 Å². The van der Waals surface area contributed by atoms with E-state index in [1.807, 2.05) is 0 Å². The van der Waals surface area contributed by atoms with E-state index in [2.05, 4.69) is 65.4 Å². The zero-order chi connectivity index (χ0) is 26.0. The van der Waals surface area contributed by atoms with Gasteiger partial charge in [-0.05, 0) is 73.6 Å². The van der Waals surface area contributed by atoms with Gasteiger partial charge in [-0.2, -0.15) is 4.39 Å². The van der Waals surface area contributed by atoms with Gasteiger partial charge in [-0.25, -0.2) is 9.18 Å². The number of esters is 1. The SMILES string of the molecule is C=CC(=O)OCC.CC(C)(CC[C@@H](O)COc1cc(Br)cc(F)c1F)CC1Cc2ccccc2C1. The molecule has 35 heavy (non-hydrogen) atoms. The first-order chi connectivity index (χ1) is 16.5. The predicted molar refractivity (Wildman–Crippen MR) is 137 cm³/mol. The van der Waals surface area contributed by atoms with Crippen LogP contribution in [0.25, 0.3) is 0 Å². The summed E-state index contributed by atoms with van der Waals surface area (Å²) in [6.45, 7) is 9.78. The number of ether oxygens (including phenoxy) is 2. The van der Waals surface area contributed by atoms with Crippen molar-refractivity contribution in [2.24, 2.45) is 11.3 Å². The molecule has 2 aromatic carbocycles. The Morgan fingerprint density at radius 1 is 1.26 bits per heavy atom. The molecule has 0 aromatic heterocycles. The lowest BCUT2D eigenvalue weighted by Crippen LogP contribution is -2.23. The molecular formula is C28H35BrF2O4. The molecule has 0 unspecified atom stereocenters. The lowest BCUT2D eigenvalue weighted by molar-refractivity contribution is -0.137. The predicted octanol–water partition coefficient (Wildman–Crippen LogP) is 6.81. The van der Waals surface area contributed by atoms with Gasteiger partial charge in [0.1, 0.15) is 6.61 Å². The van der Waals surface area contributed by atoms with Crippen LogP contribution >= 0.6 is 15.9 Å². The van der Waals surface area contributed by atoms with E-state index in [1.54, 1.807) is 6.92 Å². The maximum atomic E-state index is 13.7. The summed E-state index contributed by atoms with van der Waals surface area (Å²) >= 11 is 3.11. The Balaban J connectivity index is 0.000000540. The summed E-state index contributed by atoms with van der Waals surface area (Å²) in [7, 11) is 0. The number of fused-ring (bicyclic) bond motifs is 1. The minimum atomic E-state index is -1.03. The molecule has 3 rings (SSSR count). The highest BCUT2D eigenvalue weighted by molar-refractivity contribution is 9.10. The van der Waals surface area contributed by atoms with Crippen LogP contribution < -0.4 is 4.74 Å². The Morgan fingerprint density at radius 2 is 1.89 bits per heavy atom. The molecule has 1 N–H and O–H groups in total. The molecule has 0 bridgehead atoms. The molecule has 0 heterocycles. The first-order valence-corrected chi connectivity index (χ1v) is 12.6. The summed E-state index contributed by atoms with van der Waals surface area (Å²) in [6, 6.07) is 11.0. The van der Waals surface area contributed by atoms with Crippen LogP contribution in [0.4, 0.5) is 8.78 Å². The van der Waals surface area contributed by atoms with Gasteiger partial charge in [0.05, 0.1) is 12.7 Å². The number of benzene rings is 2. The number of aliphatic hydroxyl groups excluding tert-OH is 1. The molecule has 7 heteroatoms. The molecule has 192 valence electrons. The second-order valence-corrected chi connectivity index (χ2v) is 10.5. The average molecular weight is 553 g/mol. The Labute approximate surface area is 215 Å². The monoisotopic (exact) mass is 552 g/mol. The van der Waals surface area contributed by atoms with E-state index in [0.29, 0.717) is 23.4 Å². The molecule has 2 aromatic rings. The van der Waals surface area contributed by atoms with Gasteiger partial charge < -0.3 is 14.6 Å². The van der Waals surface area contributed by atoms with E-state index in [0.717, 1.165) is 37.8 Å². The van der Waals surface area contributed by atoms with Crippen LogP contribution in [-0.4, -0.2) is 30.4 Å². The van der Waals surface area contributed by atoms with Crippen molar-refractivity contribution in [2.75, 3.05) is 13.2 Å². The molecule has 0 amide bonds. The number of halogens is 3. The topological polar surface area (TPSA) is 55.8 Å². The van der Waals surface area contributed by atoms with Gasteiger partial charge in [0.15, 0.2) is 11.6 Å². The minimum Gasteiger partial charge on any atom is -0.488 e. The van der Waals surface area contributed by atoms with Crippen molar-refractivity contribution in [3.63, 3.8) is 0 Å². The largest absolute Gasteiger partial charge is 0.488 e. The van der Waals surface area contributed by atoms with E-state index >= 15 is 0 Å². The van der Waals surface area contributed by atoms with Crippen molar-refractivity contribution < 1.29 is 28.2 Å². The Kier molecular flexibility index (Phi) is 11.4. The molecular weight excluding hydrogens is 518 g/mol. The smallest absolute Gasteiger partial charge is 0.330 e. The van der Waals surface area contributed by atoms with Crippen molar-refractivity contribution in [3.05, 3.63) is 76.3 Å². The van der Waals surface area contributed by atoms with Crippen molar-refractivity contribution in [3.8, 4) is 5.75 Å². The zero-order valence-electron chi connectivity index (χ0n) is 20.7. The van der Waals surface area contributed by atoms with E-state index in [9.17, 15) is 18.7 Å². The third-order valence-electron chi connectivity index (χ3n) is 5.98. The quantitative estimate of drug-likeness (QED) is 0.200. The Morgan fingerprint density at radius 3 is 2.43 bits per heavy atom. The molecule has 0 saturated carbocycles. The van der Waals surface area contributed by atoms with E-state index in [1.165, 1.54) is 17.2 Å². The molecule has 4 nitrogen and oxygen atoms in total. The first-order valence-electron chi connectivity index (χ1n) is 11.9. The molecule has 0 spiro atoms. The Hall–Kier alpha value is -2.25. The molecule has 1 aliphatic rings. The van der Waals surface area contributed by atoms with Crippen LogP contribution in [0.5, 0.6) is 5.75 Å². The summed E-state index contributed by atoms with van der Waals surface area (Å²) in [5, 5.41) is 10.3. The highest BCUT2D eigenvalue weighted by atomic mass is 79.9. The number of hydrogen-bond donors (Lipinski definition) is 1. The number of aliphatic hydroxyl groups is 1. The number of carbonyl (C=O) groups is 1. The van der Waals surface area contributed by atoms with Gasteiger partial charge in [-0.15, -0.1) is 0 Å². The number of carbonyl (C=O) groups excluding carboxylic acids is 1. The van der Waals surface area contributed by atoms with Gasteiger partial charge in [0.25, 0.3) is 0 Å². The van der Waals surface area contributed by atoms with Gasteiger partial charge >= 0.3 is 5.97 Å². The third kappa shape index (κ3) is 9.73. The summed E-state index contributed by atoms with van der Waals surface area (Å²) in [5.74, 6) is -1.91. The summed E-state index contributed by atoms with van der Waals surface area (Å²) in [5.41, 5.74) is 3.01. The minimum absolute atomic E-state index is 0.0578. The Bertz CT molecular complexity index is 968. The third-order valence-corrected chi connectivity index (χ3v) is 6.43. The van der Waals surface area contributed by atoms with Gasteiger partial charge in [-0.3, -0.25) is 0 Å². The first kappa shape index (κ1) is 29.0. The molecule has 0 aliphatic heterocycles. The lowest BCUT2D eigenvalue weighted by Gasteiger charge is -2.29. The average Bonchev–Trinajstić information content (AvgIpc) is 3.21. The highest BCUT2D eigenvalue weighted by Gasteiger charge is 2.28. The molecule has 0 fully saturated rings. The molecule has 1 aliphatic carbocycles. The maximum absolute atomic E-state index is 13.7. The standard InChI is InChI=1S/C23H27BrF2O2.C5H8O2/c1-23(2,13-15-9-16-5-3-4-6-17(16)10-15)8-7-19(27)14-28-21-12-18(24)11-20(25)22(21)26;1-3-5(6)7-4-2/h3-6,11-12,15,19,27H,7-10,13-14H2,1-2H3;3H,1,4H2,2H3/t19-;/m1./s1. The van der Waals surface area contributed by atoms with Crippen molar-refractivity contribution >= 4 is 21.9 Å². The van der Waals surface area contributed by atoms with Gasteiger partial charge in [0.2, 0.25) is 5.82 Å². The fourth-order valence-corrected chi connectivity index (χ4v) is 4.75. The van der Waals surface area contributed by atoms with Crippen molar-refractivity contribution in [1.82, 2.24) is 0 Å². The van der Waals surface area contributed by atoms with Crippen molar-refractivity contribution in [2.45, 2.75) is 59.0 Å². The second-order valence-electron chi connectivity index (χ2n) is 9.57. The second kappa shape index (κ2) is 13.7. The molecule has 0 saturated heterocycles. The normalized spacial score (nSPS) is 13.9. The van der Waals surface area contributed by atoms with Crippen LogP contribution in [0.1, 0.15) is 51.2 Å². The van der Waals surface area contributed by atoms with Gasteiger partial charge in [-0.1, -0.05) is 60.6 Å². The van der Waals surface area contributed by atoms with Crippen LogP contribution in [-0.2, 0) is 22.4 Å². The number of rotatable bonds is 10. The van der Waals surface area contributed by atoms with Gasteiger partial charge in [0, 0.05) is 10.5 Å². The fourth-order valence-electron chi connectivity index (χ4n) is 4.34. The van der Waals surface area contributed by atoms with Crippen LogP contribution in [0.3, 0.4) is 0 Å². The summed E-state index contributed by atoms with van der Waals surface area (Å²) < 4.78 is 37.3. The van der Waals surface area contributed by atoms with Crippen LogP contribution in [0, 0.1) is 23.0 Å². The van der Waals surface area contributed by atoms with Crippen LogP contribution in [0.2, 0.25) is 0 Å². The summed E-state index contributed by atoms with van der Waals surface area (Å²) in [6.07, 6.45) is 5.17. The summed E-state index contributed by atoms with van der Waals surface area (Å²) in [4.78, 5) is 10.1. The maximum Gasteiger partial charge on any atom is 0.330 e. The molecule has 0 radical (unpaired) electrons. The number of hydrogen-bond acceptors (Lipinski definition) is 4. The van der Waals surface area contributed by atoms with Crippen molar-refractivity contribution in [1.29, 1.82) is 0 Å². The van der Waals surface area contributed by atoms with E-state index < -0.39 is 17.7 Å². The molecule has 1 atom stereocenters. The van der Waals surface area contributed by atoms with E-state index in [4.69, 9.17) is 4.74 Å². The lowest BCUT2D eigenvalue weighted by atomic mass is 9.78. The fraction of sp³-hybridized carbons (Fsp3) is 0.464. The zero-order valence-corrected chi connectivity index (χ0v) is 22.2. The van der Waals surface area contributed by atoms with Crippen LogP contribution in [0.15, 0.2) is 53.5 Å². The highest BCUT2D eigenvalue weighted by Crippen LogP contribution is 2.38.